The second-order valence-electron chi connectivity index (χ2n) is 7.66. The molecule has 1 aromatic carbocycles. The summed E-state index contributed by atoms with van der Waals surface area (Å²) in [6, 6.07) is 9.20. The number of nitrogens with one attached hydrogen (secondary N) is 2. The molecule has 0 radical (unpaired) electrons. The molecule has 0 aromatic heterocycles. The van der Waals surface area contributed by atoms with Crippen molar-refractivity contribution in [1.29, 1.82) is 0 Å². The van der Waals surface area contributed by atoms with Crippen LogP contribution < -0.4 is 16.1 Å². The third-order valence-electron chi connectivity index (χ3n) is 5.20. The molecule has 8 heteroatoms. The zero-order valence-corrected chi connectivity index (χ0v) is 18.2. The second kappa shape index (κ2) is 9.11. The number of allylic oxidation sites excluding steroid dienone is 1. The summed E-state index contributed by atoms with van der Waals surface area (Å²) in [7, 11) is -3.60. The minimum atomic E-state index is -3.60. The van der Waals surface area contributed by atoms with Crippen molar-refractivity contribution in [2.24, 2.45) is 11.0 Å². The van der Waals surface area contributed by atoms with Gasteiger partial charge in [-0.15, -0.1) is 10.6 Å². The molecule has 0 unspecified atom stereocenters. The fraction of sp³-hybridized carbons (Fsp3) is 0.476. The zero-order chi connectivity index (χ0) is 21.0. The first-order valence-corrected chi connectivity index (χ1v) is 11.6. The Balaban J connectivity index is 1.69. The van der Waals surface area contributed by atoms with E-state index in [0.717, 1.165) is 18.4 Å². The molecule has 0 saturated heterocycles. The quantitative estimate of drug-likeness (QED) is 0.690. The van der Waals surface area contributed by atoms with Crippen LogP contribution in [0.15, 0.2) is 58.7 Å². The van der Waals surface area contributed by atoms with Crippen molar-refractivity contribution < 1.29 is 13.2 Å². The van der Waals surface area contributed by atoms with Gasteiger partial charge in [0, 0.05) is 0 Å². The molecule has 2 aliphatic heterocycles. The van der Waals surface area contributed by atoms with E-state index in [4.69, 9.17) is 4.74 Å². The van der Waals surface area contributed by atoms with Crippen molar-refractivity contribution in [2.75, 3.05) is 10.8 Å². The van der Waals surface area contributed by atoms with Crippen LogP contribution in [0.25, 0.3) is 0 Å². The van der Waals surface area contributed by atoms with Gasteiger partial charge < -0.3 is 4.74 Å². The third-order valence-corrected chi connectivity index (χ3v) is 6.99. The maximum atomic E-state index is 13.0. The van der Waals surface area contributed by atoms with Gasteiger partial charge >= 0.3 is 0 Å². The molecule has 0 fully saturated rings. The monoisotopic (exact) mass is 418 g/mol. The lowest BCUT2D eigenvalue weighted by molar-refractivity contribution is 0.0178. The van der Waals surface area contributed by atoms with E-state index in [9.17, 15) is 8.42 Å². The van der Waals surface area contributed by atoms with Crippen LogP contribution in [0.1, 0.15) is 40.5 Å². The number of ether oxygens (including phenoxy) is 1. The maximum absolute atomic E-state index is 13.0. The van der Waals surface area contributed by atoms with E-state index in [1.165, 1.54) is 10.6 Å². The number of para-hydroxylation sites is 1. The number of rotatable bonds is 6. The normalized spacial score (nSPS) is 24.0. The zero-order valence-electron chi connectivity index (χ0n) is 17.4. The maximum Gasteiger partial charge on any atom is 0.263 e. The number of sulfone groups is 1. The van der Waals surface area contributed by atoms with E-state index in [-0.39, 0.29) is 29.0 Å². The molecule has 3 rings (SSSR count). The molecular weight excluding hydrogens is 388 g/mol. The van der Waals surface area contributed by atoms with Gasteiger partial charge in [-0.3, -0.25) is 0 Å². The molecule has 3 atom stereocenters. The molecule has 0 bridgehead atoms. The van der Waals surface area contributed by atoms with Gasteiger partial charge in [-0.2, -0.15) is 0 Å². The second-order valence-corrected chi connectivity index (χ2v) is 9.59. The van der Waals surface area contributed by atoms with Crippen molar-refractivity contribution >= 4 is 20.7 Å². The smallest absolute Gasteiger partial charge is 0.263 e. The van der Waals surface area contributed by atoms with Gasteiger partial charge in [0.1, 0.15) is 0 Å². The Bertz CT molecular complexity index is 909. The number of hydrogen-bond acceptors (Lipinski definition) is 7. The van der Waals surface area contributed by atoms with Crippen LogP contribution in [0.4, 0.5) is 5.69 Å². The first kappa shape index (κ1) is 21.5. The van der Waals surface area contributed by atoms with E-state index in [1.54, 1.807) is 0 Å². The predicted octanol–water partition coefficient (Wildman–Crippen LogP) is 3.30. The van der Waals surface area contributed by atoms with E-state index in [1.807, 2.05) is 50.3 Å². The standard InChI is InChI=1S/C21H30N4O3S/c1-5-19-16(3)11-12-20(28-19)17(4)13-15(2)14-29(26,27)21-22-23-24-25(21)18-9-7-6-8-10-18/h6-11,13,15,19-20,23-24H,5,12,14H2,1-4H3/b17-13+/t15-,19+,20+/m0/s1. The van der Waals surface area contributed by atoms with E-state index < -0.39 is 9.84 Å². The summed E-state index contributed by atoms with van der Waals surface area (Å²) < 4.78 is 32.2. The van der Waals surface area contributed by atoms with Crippen molar-refractivity contribution in [3.8, 4) is 0 Å². The predicted molar refractivity (Wildman–Crippen MR) is 117 cm³/mol. The van der Waals surface area contributed by atoms with E-state index in [2.05, 4.69) is 36.1 Å². The molecule has 0 aliphatic carbocycles. The molecule has 2 heterocycles. The molecule has 0 spiro atoms. The molecule has 0 saturated carbocycles. The first-order valence-electron chi connectivity index (χ1n) is 9.98. The minimum Gasteiger partial charge on any atom is -0.366 e. The van der Waals surface area contributed by atoms with Gasteiger partial charge in [-0.05, 0) is 55.9 Å². The molecule has 0 amide bonds. The summed E-state index contributed by atoms with van der Waals surface area (Å²) in [5.74, 6) is -0.203. The Hall–Kier alpha value is -2.16. The molecule has 1 aromatic rings. The number of nitrogens with zero attached hydrogens (tertiary/aromatic N) is 2. The fourth-order valence-corrected chi connectivity index (χ4v) is 5.25. The lowest BCUT2D eigenvalue weighted by atomic mass is 9.97. The highest BCUT2D eigenvalue weighted by atomic mass is 32.2. The Morgan fingerprint density at radius 3 is 2.79 bits per heavy atom. The number of hydrogen-bond donors (Lipinski definition) is 2. The number of hydrazine groups is 2. The Morgan fingerprint density at radius 1 is 1.38 bits per heavy atom. The van der Waals surface area contributed by atoms with Crippen LogP contribution in [0.5, 0.6) is 0 Å². The molecule has 7 nitrogen and oxygen atoms in total. The van der Waals surface area contributed by atoms with Crippen LogP contribution in [-0.4, -0.2) is 31.5 Å². The lowest BCUT2D eigenvalue weighted by Gasteiger charge is -2.30. The number of anilines is 1. The summed E-state index contributed by atoms with van der Waals surface area (Å²) in [5, 5.41) is 5.38. The summed E-state index contributed by atoms with van der Waals surface area (Å²) in [4.78, 5) is 0. The van der Waals surface area contributed by atoms with Gasteiger partial charge in [-0.25, -0.2) is 19.0 Å². The third kappa shape index (κ3) is 5.07. The molecule has 2 N–H and O–H groups in total. The summed E-state index contributed by atoms with van der Waals surface area (Å²) in [6.45, 7) is 8.13. The van der Waals surface area contributed by atoms with Crippen LogP contribution in [-0.2, 0) is 14.6 Å². The van der Waals surface area contributed by atoms with Crippen LogP contribution >= 0.6 is 0 Å². The first-order chi connectivity index (χ1) is 13.8. The highest BCUT2D eigenvalue weighted by Gasteiger charge is 2.32. The van der Waals surface area contributed by atoms with Crippen LogP contribution in [0, 0.1) is 5.92 Å². The number of hydrazone groups is 1. The van der Waals surface area contributed by atoms with E-state index in [0.29, 0.717) is 5.69 Å². The van der Waals surface area contributed by atoms with Gasteiger partial charge in [0.2, 0.25) is 9.84 Å². The molecule has 29 heavy (non-hydrogen) atoms. The van der Waals surface area contributed by atoms with Gasteiger partial charge in [0.25, 0.3) is 5.17 Å². The van der Waals surface area contributed by atoms with Crippen molar-refractivity contribution in [3.05, 3.63) is 53.6 Å². The Morgan fingerprint density at radius 2 is 2.10 bits per heavy atom. The topological polar surface area (TPSA) is 83.0 Å². The Kier molecular flexibility index (Phi) is 6.77. The highest BCUT2D eigenvalue weighted by molar-refractivity contribution is 8.06. The summed E-state index contributed by atoms with van der Waals surface area (Å²) in [5.41, 5.74) is 8.36. The van der Waals surface area contributed by atoms with Crippen molar-refractivity contribution in [1.82, 2.24) is 11.1 Å². The highest BCUT2D eigenvalue weighted by Crippen LogP contribution is 2.26. The Labute approximate surface area is 173 Å². The largest absolute Gasteiger partial charge is 0.366 e. The average Bonchev–Trinajstić information content (AvgIpc) is 3.19. The van der Waals surface area contributed by atoms with Crippen molar-refractivity contribution in [3.63, 3.8) is 0 Å². The van der Waals surface area contributed by atoms with Crippen LogP contribution in [0.2, 0.25) is 0 Å². The number of benzene rings is 1. The van der Waals surface area contributed by atoms with E-state index >= 15 is 0 Å². The molecule has 158 valence electrons. The number of amidine groups is 1. The van der Waals surface area contributed by atoms with Gasteiger partial charge in [-0.1, -0.05) is 44.2 Å². The SMILES string of the molecule is CC[C@H]1O[C@@H](/C(C)=C/[C@H](C)CS(=O)(=O)C2=NNNN2c2ccccc2)CC=C1C. The summed E-state index contributed by atoms with van der Waals surface area (Å²) >= 11 is 0. The fourth-order valence-electron chi connectivity index (χ4n) is 3.70. The van der Waals surface area contributed by atoms with Crippen LogP contribution in [0.3, 0.4) is 0 Å². The summed E-state index contributed by atoms with van der Waals surface area (Å²) in [6.07, 6.45) is 6.13. The molecule has 2 aliphatic rings. The van der Waals surface area contributed by atoms with Crippen molar-refractivity contribution in [2.45, 2.75) is 52.7 Å². The average molecular weight is 419 g/mol. The lowest BCUT2D eigenvalue weighted by Crippen LogP contribution is -2.44. The van der Waals surface area contributed by atoms with Gasteiger partial charge in [0.15, 0.2) is 0 Å². The minimum absolute atomic E-state index is 0.00164. The molecular formula is C21H30N4O3S. The van der Waals surface area contributed by atoms with Gasteiger partial charge in [0.05, 0.1) is 23.6 Å².